The Morgan fingerprint density at radius 2 is 1.76 bits per heavy atom. The van der Waals surface area contributed by atoms with Crippen LogP contribution in [0, 0.1) is 19.7 Å². The number of hydrogen-bond donors (Lipinski definition) is 2. The summed E-state index contributed by atoms with van der Waals surface area (Å²) in [6.45, 7) is 3.98. The Balaban J connectivity index is 2.16. The van der Waals surface area contributed by atoms with E-state index in [1.54, 1.807) is 30.9 Å². The Morgan fingerprint density at radius 3 is 2.33 bits per heavy atom. The topological polar surface area (TPSA) is 80.0 Å². The fourth-order valence-electron chi connectivity index (χ4n) is 1.98. The van der Waals surface area contributed by atoms with E-state index in [1.165, 1.54) is 0 Å². The van der Waals surface area contributed by atoms with Crippen molar-refractivity contribution < 1.29 is 4.39 Å². The van der Waals surface area contributed by atoms with Crippen LogP contribution in [0.25, 0.3) is 0 Å². The summed E-state index contributed by atoms with van der Waals surface area (Å²) in [7, 11) is 3.65. The number of nitrogens with two attached hydrogens (primary N) is 1. The van der Waals surface area contributed by atoms with Crippen LogP contribution in [-0.4, -0.2) is 29.0 Å². The highest BCUT2D eigenvalue weighted by molar-refractivity contribution is 5.41. The Morgan fingerprint density at radius 1 is 1.14 bits per heavy atom. The van der Waals surface area contributed by atoms with E-state index < -0.39 is 0 Å². The number of nitrogens with zero attached hydrogens (tertiary/aromatic N) is 4. The number of rotatable bonds is 4. The van der Waals surface area contributed by atoms with Gasteiger partial charge in [0.05, 0.1) is 0 Å². The second kappa shape index (κ2) is 5.90. The minimum Gasteiger partial charge on any atom is -0.368 e. The van der Waals surface area contributed by atoms with Gasteiger partial charge in [0, 0.05) is 20.6 Å². The van der Waals surface area contributed by atoms with Crippen molar-refractivity contribution in [2.45, 2.75) is 20.4 Å². The Bertz CT molecular complexity index is 633. The minimum absolute atomic E-state index is 0.155. The third kappa shape index (κ3) is 3.56. The molecule has 2 aromatic rings. The average Bonchev–Trinajstić information content (AvgIpc) is 2.41. The van der Waals surface area contributed by atoms with Gasteiger partial charge in [0.1, 0.15) is 5.82 Å². The molecule has 7 heteroatoms. The van der Waals surface area contributed by atoms with Crippen LogP contribution in [-0.2, 0) is 6.54 Å². The first-order valence-corrected chi connectivity index (χ1v) is 6.55. The zero-order valence-electron chi connectivity index (χ0n) is 12.6. The second-order valence-electron chi connectivity index (χ2n) is 5.11. The number of nitrogens with one attached hydrogen (secondary N) is 1. The summed E-state index contributed by atoms with van der Waals surface area (Å²) in [6.07, 6.45) is 0. The predicted molar refractivity (Wildman–Crippen MR) is 81.8 cm³/mol. The van der Waals surface area contributed by atoms with Gasteiger partial charge in [0.25, 0.3) is 0 Å². The number of aromatic nitrogens is 3. The lowest BCUT2D eigenvalue weighted by Gasteiger charge is -2.12. The molecule has 1 heterocycles. The molecule has 0 aliphatic heterocycles. The van der Waals surface area contributed by atoms with E-state index in [-0.39, 0.29) is 11.8 Å². The molecule has 2 rings (SSSR count). The zero-order valence-corrected chi connectivity index (χ0v) is 12.6. The largest absolute Gasteiger partial charge is 0.368 e. The van der Waals surface area contributed by atoms with E-state index in [0.29, 0.717) is 29.6 Å². The van der Waals surface area contributed by atoms with Crippen molar-refractivity contribution in [3.8, 4) is 0 Å². The molecule has 0 bridgehead atoms. The molecule has 0 atom stereocenters. The summed E-state index contributed by atoms with van der Waals surface area (Å²) >= 11 is 0. The smallest absolute Gasteiger partial charge is 0.231 e. The molecule has 0 aliphatic rings. The van der Waals surface area contributed by atoms with E-state index in [1.807, 2.05) is 14.1 Å². The molecule has 6 nitrogen and oxygen atoms in total. The SMILES string of the molecule is Cc1cc(CNc2nc(N)nc(N(C)C)n2)cc(C)c1F. The molecule has 112 valence electrons. The summed E-state index contributed by atoms with van der Waals surface area (Å²) in [6, 6.07) is 3.60. The summed E-state index contributed by atoms with van der Waals surface area (Å²) in [5, 5.41) is 3.08. The van der Waals surface area contributed by atoms with Crippen LogP contribution >= 0.6 is 0 Å². The summed E-state index contributed by atoms with van der Waals surface area (Å²) < 4.78 is 13.6. The average molecular weight is 290 g/mol. The lowest BCUT2D eigenvalue weighted by Crippen LogP contribution is -2.16. The molecule has 0 radical (unpaired) electrons. The molecule has 1 aromatic heterocycles. The highest BCUT2D eigenvalue weighted by Gasteiger charge is 2.07. The number of hydrogen-bond acceptors (Lipinski definition) is 6. The second-order valence-corrected chi connectivity index (χ2v) is 5.11. The van der Waals surface area contributed by atoms with Gasteiger partial charge < -0.3 is 16.0 Å². The van der Waals surface area contributed by atoms with Crippen molar-refractivity contribution >= 4 is 17.8 Å². The number of halogens is 1. The third-order valence-electron chi connectivity index (χ3n) is 2.99. The third-order valence-corrected chi connectivity index (χ3v) is 2.99. The van der Waals surface area contributed by atoms with Crippen LogP contribution in [0.1, 0.15) is 16.7 Å². The maximum atomic E-state index is 13.6. The predicted octanol–water partition coefficient (Wildman–Crippen LogP) is 1.89. The molecule has 0 aliphatic carbocycles. The molecule has 0 saturated heterocycles. The summed E-state index contributed by atoms with van der Waals surface area (Å²) in [5.41, 5.74) is 7.85. The molecule has 0 fully saturated rings. The summed E-state index contributed by atoms with van der Waals surface area (Å²) in [4.78, 5) is 14.1. The number of aryl methyl sites for hydroxylation is 2. The standard InChI is InChI=1S/C14H19FN6/c1-8-5-10(6-9(2)11(8)15)7-17-13-18-12(16)19-14(20-13)21(3)4/h5-6H,7H2,1-4H3,(H3,16,17,18,19,20). The van der Waals surface area contributed by atoms with Gasteiger partial charge in [0.15, 0.2) is 0 Å². The van der Waals surface area contributed by atoms with Crippen molar-refractivity contribution in [3.05, 3.63) is 34.6 Å². The van der Waals surface area contributed by atoms with Crippen LogP contribution < -0.4 is 16.0 Å². The molecule has 0 amide bonds. The minimum atomic E-state index is -0.168. The van der Waals surface area contributed by atoms with Crippen LogP contribution in [0.2, 0.25) is 0 Å². The van der Waals surface area contributed by atoms with Gasteiger partial charge in [-0.25, -0.2) is 4.39 Å². The van der Waals surface area contributed by atoms with Crippen molar-refractivity contribution in [3.63, 3.8) is 0 Å². The number of anilines is 3. The molecule has 3 N–H and O–H groups in total. The first kappa shape index (κ1) is 15.0. The van der Waals surface area contributed by atoms with Crippen LogP contribution in [0.15, 0.2) is 12.1 Å². The van der Waals surface area contributed by atoms with Gasteiger partial charge in [-0.3, -0.25) is 0 Å². The quantitative estimate of drug-likeness (QED) is 0.895. The Labute approximate surface area is 123 Å². The van der Waals surface area contributed by atoms with E-state index in [0.717, 1.165) is 5.56 Å². The van der Waals surface area contributed by atoms with Gasteiger partial charge in [-0.2, -0.15) is 15.0 Å². The molecule has 0 unspecified atom stereocenters. The maximum Gasteiger partial charge on any atom is 0.231 e. The Kier molecular flexibility index (Phi) is 4.21. The van der Waals surface area contributed by atoms with E-state index in [9.17, 15) is 4.39 Å². The highest BCUT2D eigenvalue weighted by atomic mass is 19.1. The monoisotopic (exact) mass is 290 g/mol. The Hall–Kier alpha value is -2.44. The molecule has 21 heavy (non-hydrogen) atoms. The van der Waals surface area contributed by atoms with Crippen molar-refractivity contribution in [2.75, 3.05) is 30.0 Å². The summed E-state index contributed by atoms with van der Waals surface area (Å²) in [5.74, 6) is 0.864. The van der Waals surface area contributed by atoms with Crippen LogP contribution in [0.5, 0.6) is 0 Å². The first-order valence-electron chi connectivity index (χ1n) is 6.55. The molecule has 1 aromatic carbocycles. The van der Waals surface area contributed by atoms with E-state index in [2.05, 4.69) is 20.3 Å². The molecule has 0 spiro atoms. The maximum absolute atomic E-state index is 13.6. The van der Waals surface area contributed by atoms with Gasteiger partial charge in [-0.05, 0) is 30.5 Å². The van der Waals surface area contributed by atoms with Crippen molar-refractivity contribution in [1.82, 2.24) is 15.0 Å². The highest BCUT2D eigenvalue weighted by Crippen LogP contribution is 2.16. The first-order chi connectivity index (χ1) is 9.86. The van der Waals surface area contributed by atoms with Gasteiger partial charge >= 0.3 is 0 Å². The van der Waals surface area contributed by atoms with Gasteiger partial charge in [-0.1, -0.05) is 12.1 Å². The van der Waals surface area contributed by atoms with Gasteiger partial charge in [0.2, 0.25) is 17.8 Å². The lowest BCUT2D eigenvalue weighted by atomic mass is 10.1. The lowest BCUT2D eigenvalue weighted by molar-refractivity contribution is 0.608. The fourth-order valence-corrected chi connectivity index (χ4v) is 1.98. The zero-order chi connectivity index (χ0) is 15.6. The van der Waals surface area contributed by atoms with Crippen molar-refractivity contribution in [2.24, 2.45) is 0 Å². The number of benzene rings is 1. The van der Waals surface area contributed by atoms with E-state index in [4.69, 9.17) is 5.73 Å². The molecule has 0 saturated carbocycles. The van der Waals surface area contributed by atoms with Crippen molar-refractivity contribution in [1.29, 1.82) is 0 Å². The van der Waals surface area contributed by atoms with Gasteiger partial charge in [-0.15, -0.1) is 0 Å². The number of nitrogen functional groups attached to an aromatic ring is 1. The van der Waals surface area contributed by atoms with E-state index >= 15 is 0 Å². The van der Waals surface area contributed by atoms with Crippen LogP contribution in [0.3, 0.4) is 0 Å². The molecular formula is C14H19FN6. The fraction of sp³-hybridized carbons (Fsp3) is 0.357. The normalized spacial score (nSPS) is 10.5. The molecular weight excluding hydrogens is 271 g/mol. The van der Waals surface area contributed by atoms with Crippen LogP contribution in [0.4, 0.5) is 22.2 Å².